The van der Waals surface area contributed by atoms with Crippen molar-refractivity contribution in [3.05, 3.63) is 24.3 Å². The molecule has 4 nitrogen and oxygen atoms in total. The minimum Gasteiger partial charge on any atom is -0.296 e. The van der Waals surface area contributed by atoms with Gasteiger partial charge in [0.1, 0.15) is 11.7 Å². The smallest absolute Gasteiger partial charge is 0.113 e. The molecule has 2 aromatic rings. The van der Waals surface area contributed by atoms with Crippen molar-refractivity contribution in [3.63, 3.8) is 0 Å². The van der Waals surface area contributed by atoms with E-state index in [0.717, 1.165) is 17.6 Å². The van der Waals surface area contributed by atoms with E-state index in [-0.39, 0.29) is 6.17 Å². The molecule has 0 aliphatic carbocycles. The maximum Gasteiger partial charge on any atom is 0.113 e. The number of unbranched alkanes of at least 4 members (excludes halogenated alkanes) is 1. The van der Waals surface area contributed by atoms with E-state index in [2.05, 4.69) is 29.5 Å². The van der Waals surface area contributed by atoms with E-state index in [0.29, 0.717) is 0 Å². The second kappa shape index (κ2) is 5.07. The number of rotatable bonds is 5. The Labute approximate surface area is 95.6 Å². The van der Waals surface area contributed by atoms with Crippen LogP contribution >= 0.6 is 0 Å². The first-order chi connectivity index (χ1) is 7.83. The summed E-state index contributed by atoms with van der Waals surface area (Å²) < 4.78 is 1.94. The van der Waals surface area contributed by atoms with Gasteiger partial charge in [-0.2, -0.15) is 0 Å². The monoisotopic (exact) mass is 218 g/mol. The second-order valence-electron chi connectivity index (χ2n) is 4.01. The summed E-state index contributed by atoms with van der Waals surface area (Å²) in [7, 11) is 0. The summed E-state index contributed by atoms with van der Waals surface area (Å²) in [6.07, 6.45) is 2.59. The number of hydrogen-bond donors (Lipinski definition) is 1. The maximum absolute atomic E-state index is 4.18. The molecule has 0 fully saturated rings. The van der Waals surface area contributed by atoms with E-state index in [4.69, 9.17) is 0 Å². The van der Waals surface area contributed by atoms with Crippen molar-refractivity contribution in [2.75, 3.05) is 6.54 Å². The third-order valence-electron chi connectivity index (χ3n) is 2.71. The first kappa shape index (κ1) is 11.1. The lowest BCUT2D eigenvalue weighted by Gasteiger charge is -2.14. The first-order valence-corrected chi connectivity index (χ1v) is 5.86. The zero-order valence-corrected chi connectivity index (χ0v) is 9.85. The van der Waals surface area contributed by atoms with Crippen LogP contribution in [0.4, 0.5) is 0 Å². The third kappa shape index (κ3) is 2.22. The highest BCUT2D eigenvalue weighted by Gasteiger charge is 2.08. The number of nitrogens with zero attached hydrogens (tertiary/aromatic N) is 3. The summed E-state index contributed by atoms with van der Waals surface area (Å²) >= 11 is 0. The molecular weight excluding hydrogens is 200 g/mol. The molecule has 1 aromatic heterocycles. The Bertz CT molecular complexity index is 449. The molecule has 0 radical (unpaired) electrons. The Morgan fingerprint density at radius 2 is 2.19 bits per heavy atom. The molecule has 2 rings (SSSR count). The number of fused-ring (bicyclic) bond motifs is 1. The molecule has 1 atom stereocenters. The van der Waals surface area contributed by atoms with Crippen molar-refractivity contribution in [1.82, 2.24) is 20.3 Å². The van der Waals surface area contributed by atoms with E-state index in [9.17, 15) is 0 Å². The van der Waals surface area contributed by atoms with E-state index < -0.39 is 0 Å². The molecule has 86 valence electrons. The van der Waals surface area contributed by atoms with Crippen LogP contribution in [0.15, 0.2) is 24.3 Å². The molecule has 1 unspecified atom stereocenters. The van der Waals surface area contributed by atoms with Crippen molar-refractivity contribution in [1.29, 1.82) is 0 Å². The predicted molar refractivity (Wildman–Crippen MR) is 65.1 cm³/mol. The van der Waals surface area contributed by atoms with Gasteiger partial charge in [0.2, 0.25) is 0 Å². The number of aromatic nitrogens is 3. The van der Waals surface area contributed by atoms with Crippen LogP contribution < -0.4 is 5.32 Å². The largest absolute Gasteiger partial charge is 0.296 e. The lowest BCUT2D eigenvalue weighted by molar-refractivity contribution is 0.399. The highest BCUT2D eigenvalue weighted by Crippen LogP contribution is 2.13. The van der Waals surface area contributed by atoms with Gasteiger partial charge in [-0.05, 0) is 32.0 Å². The molecule has 0 saturated carbocycles. The standard InChI is InChI=1S/C12H18N4/c1-3-4-9-13-10(2)16-12-8-6-5-7-11(12)14-15-16/h5-8,10,13H,3-4,9H2,1-2H3. The van der Waals surface area contributed by atoms with E-state index in [1.807, 2.05) is 28.9 Å². The van der Waals surface area contributed by atoms with Crippen molar-refractivity contribution in [2.24, 2.45) is 0 Å². The van der Waals surface area contributed by atoms with E-state index in [1.54, 1.807) is 0 Å². The Hall–Kier alpha value is -1.42. The van der Waals surface area contributed by atoms with Crippen molar-refractivity contribution >= 4 is 11.0 Å². The Morgan fingerprint density at radius 1 is 1.38 bits per heavy atom. The predicted octanol–water partition coefficient (Wildman–Crippen LogP) is 2.34. The van der Waals surface area contributed by atoms with Crippen LogP contribution in [0.25, 0.3) is 11.0 Å². The summed E-state index contributed by atoms with van der Waals surface area (Å²) in [6, 6.07) is 8.03. The van der Waals surface area contributed by atoms with Gasteiger partial charge in [0.25, 0.3) is 0 Å². The number of hydrogen-bond acceptors (Lipinski definition) is 3. The minimum absolute atomic E-state index is 0.193. The highest BCUT2D eigenvalue weighted by atomic mass is 15.5. The second-order valence-corrected chi connectivity index (χ2v) is 4.01. The lowest BCUT2D eigenvalue weighted by Crippen LogP contribution is -2.25. The van der Waals surface area contributed by atoms with Gasteiger partial charge in [-0.1, -0.05) is 30.7 Å². The zero-order chi connectivity index (χ0) is 11.4. The quantitative estimate of drug-likeness (QED) is 0.783. The summed E-state index contributed by atoms with van der Waals surface area (Å²) in [4.78, 5) is 0. The fourth-order valence-corrected chi connectivity index (χ4v) is 1.75. The van der Waals surface area contributed by atoms with Crippen molar-refractivity contribution < 1.29 is 0 Å². The molecule has 1 heterocycles. The van der Waals surface area contributed by atoms with Crippen LogP contribution in [-0.4, -0.2) is 21.5 Å². The van der Waals surface area contributed by atoms with E-state index >= 15 is 0 Å². The fourth-order valence-electron chi connectivity index (χ4n) is 1.75. The average Bonchev–Trinajstić information content (AvgIpc) is 2.73. The van der Waals surface area contributed by atoms with Gasteiger partial charge in [-0.3, -0.25) is 5.32 Å². The van der Waals surface area contributed by atoms with Crippen LogP contribution in [0.5, 0.6) is 0 Å². The molecule has 1 N–H and O–H groups in total. The summed E-state index contributed by atoms with van der Waals surface area (Å²) in [6.45, 7) is 5.32. The highest BCUT2D eigenvalue weighted by molar-refractivity contribution is 5.73. The molecule has 4 heteroatoms. The Morgan fingerprint density at radius 3 is 3.00 bits per heavy atom. The van der Waals surface area contributed by atoms with Gasteiger partial charge in [0.15, 0.2) is 0 Å². The van der Waals surface area contributed by atoms with Gasteiger partial charge in [-0.15, -0.1) is 5.10 Å². The molecule has 0 bridgehead atoms. The van der Waals surface area contributed by atoms with Gasteiger partial charge in [0, 0.05) is 0 Å². The van der Waals surface area contributed by atoms with Gasteiger partial charge in [-0.25, -0.2) is 4.68 Å². The molecular formula is C12H18N4. The normalized spacial score (nSPS) is 13.1. The number of benzene rings is 1. The lowest BCUT2D eigenvalue weighted by atomic mass is 10.3. The fraction of sp³-hybridized carbons (Fsp3) is 0.500. The van der Waals surface area contributed by atoms with Crippen molar-refractivity contribution in [2.45, 2.75) is 32.9 Å². The van der Waals surface area contributed by atoms with Gasteiger partial charge in [0.05, 0.1) is 5.52 Å². The summed E-state index contributed by atoms with van der Waals surface area (Å²) in [5, 5.41) is 11.8. The van der Waals surface area contributed by atoms with Gasteiger partial charge < -0.3 is 0 Å². The molecule has 0 saturated heterocycles. The number of nitrogens with one attached hydrogen (secondary N) is 1. The average molecular weight is 218 g/mol. The van der Waals surface area contributed by atoms with E-state index in [1.165, 1.54) is 12.8 Å². The number of para-hydroxylation sites is 1. The Kier molecular flexibility index (Phi) is 3.51. The van der Waals surface area contributed by atoms with Crippen LogP contribution in [0, 0.1) is 0 Å². The molecule has 16 heavy (non-hydrogen) atoms. The van der Waals surface area contributed by atoms with Crippen molar-refractivity contribution in [3.8, 4) is 0 Å². The van der Waals surface area contributed by atoms with Crippen LogP contribution in [-0.2, 0) is 0 Å². The van der Waals surface area contributed by atoms with Crippen LogP contribution in [0.3, 0.4) is 0 Å². The zero-order valence-electron chi connectivity index (χ0n) is 9.85. The minimum atomic E-state index is 0.193. The summed E-state index contributed by atoms with van der Waals surface area (Å²) in [5.74, 6) is 0. The maximum atomic E-state index is 4.18. The molecule has 0 amide bonds. The molecule has 0 aliphatic rings. The Balaban J connectivity index is 2.13. The third-order valence-corrected chi connectivity index (χ3v) is 2.71. The van der Waals surface area contributed by atoms with Crippen LogP contribution in [0.2, 0.25) is 0 Å². The molecule has 0 spiro atoms. The summed E-state index contributed by atoms with van der Waals surface area (Å²) in [5.41, 5.74) is 2.03. The molecule has 1 aromatic carbocycles. The van der Waals surface area contributed by atoms with Gasteiger partial charge >= 0.3 is 0 Å². The SMILES string of the molecule is CCCCNC(C)n1nnc2ccccc21. The first-order valence-electron chi connectivity index (χ1n) is 5.86. The molecule has 0 aliphatic heterocycles. The topological polar surface area (TPSA) is 42.7 Å². The van der Waals surface area contributed by atoms with Crippen LogP contribution in [0.1, 0.15) is 32.9 Å².